The van der Waals surface area contributed by atoms with Gasteiger partial charge in [-0.25, -0.2) is 0 Å². The fourth-order valence-corrected chi connectivity index (χ4v) is 1.99. The van der Waals surface area contributed by atoms with Gasteiger partial charge in [-0.2, -0.15) is 0 Å². The Morgan fingerprint density at radius 3 is 2.43 bits per heavy atom. The second-order valence-electron chi connectivity index (χ2n) is 5.79. The molecule has 0 atom stereocenters. The third-order valence-electron chi connectivity index (χ3n) is 3.20. The van der Waals surface area contributed by atoms with Crippen molar-refractivity contribution in [2.45, 2.75) is 20.8 Å². The molecule has 0 saturated heterocycles. The Morgan fingerprint density at radius 2 is 2.00 bits per heavy atom. The van der Waals surface area contributed by atoms with Crippen LogP contribution in [0.1, 0.15) is 29.8 Å². The van der Waals surface area contributed by atoms with Crippen molar-refractivity contribution in [1.82, 2.24) is 4.90 Å². The Balaban J connectivity index is 0.00000400. The number of halogens is 1. The molecule has 0 aliphatic rings. The molecule has 0 aromatic heterocycles. The molecule has 0 unspecified atom stereocenters. The first-order chi connectivity index (χ1) is 9.18. The lowest BCUT2D eigenvalue weighted by atomic mass is 9.93. The zero-order valence-electron chi connectivity index (χ0n) is 12.8. The molecule has 0 bridgehead atoms. The third-order valence-corrected chi connectivity index (χ3v) is 3.20. The molecule has 1 aromatic carbocycles. The molecule has 0 heterocycles. The third kappa shape index (κ3) is 4.99. The van der Waals surface area contributed by atoms with E-state index in [9.17, 15) is 14.9 Å². The fourth-order valence-electron chi connectivity index (χ4n) is 1.99. The number of rotatable bonds is 5. The van der Waals surface area contributed by atoms with Crippen LogP contribution in [0, 0.1) is 22.5 Å². The van der Waals surface area contributed by atoms with Crippen LogP contribution < -0.4 is 5.73 Å². The maximum atomic E-state index is 12.3. The minimum absolute atomic E-state index is 0. The van der Waals surface area contributed by atoms with Gasteiger partial charge >= 0.3 is 0 Å². The topological polar surface area (TPSA) is 89.5 Å². The Kier molecular flexibility index (Phi) is 6.79. The molecule has 0 aliphatic carbocycles. The van der Waals surface area contributed by atoms with Crippen LogP contribution >= 0.6 is 12.4 Å². The lowest BCUT2D eigenvalue weighted by Crippen LogP contribution is -2.39. The number of amides is 1. The lowest BCUT2D eigenvalue weighted by molar-refractivity contribution is -0.385. The van der Waals surface area contributed by atoms with Crippen molar-refractivity contribution in [3.63, 3.8) is 0 Å². The monoisotopic (exact) mass is 315 g/mol. The number of benzene rings is 1. The zero-order chi connectivity index (χ0) is 15.5. The van der Waals surface area contributed by atoms with E-state index in [1.54, 1.807) is 24.9 Å². The summed E-state index contributed by atoms with van der Waals surface area (Å²) in [5.74, 6) is -0.162. The van der Waals surface area contributed by atoms with Gasteiger partial charge in [-0.1, -0.05) is 13.8 Å². The number of carbonyl (C=O) groups excluding carboxylic acids is 1. The van der Waals surface area contributed by atoms with Crippen molar-refractivity contribution in [3.8, 4) is 0 Å². The predicted octanol–water partition coefficient (Wildman–Crippen LogP) is 2.38. The van der Waals surface area contributed by atoms with Gasteiger partial charge < -0.3 is 10.6 Å². The van der Waals surface area contributed by atoms with E-state index < -0.39 is 4.92 Å². The second kappa shape index (κ2) is 7.38. The maximum Gasteiger partial charge on any atom is 0.272 e. The summed E-state index contributed by atoms with van der Waals surface area (Å²) in [6.07, 6.45) is 0. The van der Waals surface area contributed by atoms with Crippen LogP contribution in [0.15, 0.2) is 18.2 Å². The second-order valence-corrected chi connectivity index (χ2v) is 5.79. The Hall–Kier alpha value is -1.66. The number of carbonyl (C=O) groups is 1. The van der Waals surface area contributed by atoms with Crippen molar-refractivity contribution < 1.29 is 9.72 Å². The van der Waals surface area contributed by atoms with E-state index in [1.165, 1.54) is 12.1 Å². The molecule has 7 heteroatoms. The van der Waals surface area contributed by atoms with E-state index in [4.69, 9.17) is 5.73 Å². The first kappa shape index (κ1) is 19.3. The fraction of sp³-hybridized carbons (Fsp3) is 0.500. The van der Waals surface area contributed by atoms with Gasteiger partial charge in [-0.05, 0) is 31.0 Å². The summed E-state index contributed by atoms with van der Waals surface area (Å²) < 4.78 is 0. The molecule has 0 spiro atoms. The zero-order valence-corrected chi connectivity index (χ0v) is 13.6. The molecule has 1 rings (SSSR count). The van der Waals surface area contributed by atoms with Gasteiger partial charge in [0.05, 0.1) is 4.92 Å². The van der Waals surface area contributed by atoms with E-state index in [2.05, 4.69) is 0 Å². The molecule has 2 N–H and O–H groups in total. The molecule has 0 fully saturated rings. The summed E-state index contributed by atoms with van der Waals surface area (Å²) in [7, 11) is 1.70. The number of hydrogen-bond acceptors (Lipinski definition) is 4. The summed E-state index contributed by atoms with van der Waals surface area (Å²) in [6, 6.07) is 4.40. The number of hydrogen-bond donors (Lipinski definition) is 1. The molecule has 0 radical (unpaired) electrons. The van der Waals surface area contributed by atoms with E-state index in [-0.39, 0.29) is 29.4 Å². The van der Waals surface area contributed by atoms with Crippen LogP contribution in [0.4, 0.5) is 5.69 Å². The number of nitrogens with two attached hydrogens (primary N) is 1. The Morgan fingerprint density at radius 1 is 1.43 bits per heavy atom. The molecule has 1 amide bonds. The molecule has 0 aliphatic heterocycles. The van der Waals surface area contributed by atoms with Gasteiger partial charge in [-0.3, -0.25) is 14.9 Å². The van der Waals surface area contributed by atoms with Crippen LogP contribution in [0.5, 0.6) is 0 Å². The largest absolute Gasteiger partial charge is 0.341 e. The number of nitro benzene ring substituents is 1. The van der Waals surface area contributed by atoms with Crippen LogP contribution in [0.2, 0.25) is 0 Å². The summed E-state index contributed by atoms with van der Waals surface area (Å²) in [6.45, 7) is 6.59. The normalized spacial score (nSPS) is 10.7. The van der Waals surface area contributed by atoms with Gasteiger partial charge in [-0.15, -0.1) is 12.4 Å². The van der Waals surface area contributed by atoms with Gasteiger partial charge in [0.1, 0.15) is 0 Å². The van der Waals surface area contributed by atoms with Crippen LogP contribution in [-0.4, -0.2) is 35.9 Å². The molecular weight excluding hydrogens is 294 g/mol. The Labute approximate surface area is 130 Å². The average Bonchev–Trinajstić information content (AvgIpc) is 2.36. The van der Waals surface area contributed by atoms with Crippen LogP contribution in [0.3, 0.4) is 0 Å². The van der Waals surface area contributed by atoms with Crippen molar-refractivity contribution in [3.05, 3.63) is 39.4 Å². The van der Waals surface area contributed by atoms with E-state index >= 15 is 0 Å². The highest BCUT2D eigenvalue weighted by Gasteiger charge is 2.22. The number of nitro groups is 1. The van der Waals surface area contributed by atoms with Crippen LogP contribution in [0.25, 0.3) is 0 Å². The summed E-state index contributed by atoms with van der Waals surface area (Å²) in [4.78, 5) is 24.2. The molecule has 21 heavy (non-hydrogen) atoms. The van der Waals surface area contributed by atoms with Gasteiger partial charge in [0.25, 0.3) is 11.6 Å². The first-order valence-electron chi connectivity index (χ1n) is 6.38. The minimum atomic E-state index is -0.454. The summed E-state index contributed by atoms with van der Waals surface area (Å²) >= 11 is 0. The Bertz CT molecular complexity index is 532. The number of aryl methyl sites for hydroxylation is 1. The summed E-state index contributed by atoms with van der Waals surface area (Å²) in [5, 5.41) is 10.8. The van der Waals surface area contributed by atoms with Gasteiger partial charge in [0, 0.05) is 30.8 Å². The van der Waals surface area contributed by atoms with Gasteiger partial charge in [0.2, 0.25) is 0 Å². The van der Waals surface area contributed by atoms with Crippen molar-refractivity contribution >= 4 is 24.0 Å². The minimum Gasteiger partial charge on any atom is -0.341 e. The molecule has 0 saturated carbocycles. The smallest absolute Gasteiger partial charge is 0.272 e. The SMILES string of the molecule is Cc1cc(C(=O)N(C)CC(C)(C)CN)ccc1[N+](=O)[O-].Cl. The van der Waals surface area contributed by atoms with Crippen molar-refractivity contribution in [2.75, 3.05) is 20.1 Å². The standard InChI is InChI=1S/C14H21N3O3.ClH/c1-10-7-11(5-6-12(10)17(19)20)13(18)16(4)9-14(2,3)8-15;/h5-7H,8-9,15H2,1-4H3;1H. The molecule has 1 aromatic rings. The maximum absolute atomic E-state index is 12.3. The predicted molar refractivity (Wildman–Crippen MR) is 84.9 cm³/mol. The highest BCUT2D eigenvalue weighted by Crippen LogP contribution is 2.21. The molecule has 118 valence electrons. The lowest BCUT2D eigenvalue weighted by Gasteiger charge is -2.29. The van der Waals surface area contributed by atoms with Crippen molar-refractivity contribution in [2.24, 2.45) is 11.1 Å². The highest BCUT2D eigenvalue weighted by atomic mass is 35.5. The van der Waals surface area contributed by atoms with E-state index in [0.29, 0.717) is 24.2 Å². The average molecular weight is 316 g/mol. The van der Waals surface area contributed by atoms with E-state index in [1.807, 2.05) is 13.8 Å². The quantitative estimate of drug-likeness (QED) is 0.667. The van der Waals surface area contributed by atoms with Crippen LogP contribution in [-0.2, 0) is 0 Å². The molecule has 6 nitrogen and oxygen atoms in total. The molecular formula is C14H22ClN3O3. The number of nitrogens with zero attached hydrogens (tertiary/aromatic N) is 2. The highest BCUT2D eigenvalue weighted by molar-refractivity contribution is 5.94. The first-order valence-corrected chi connectivity index (χ1v) is 6.38. The summed E-state index contributed by atoms with van der Waals surface area (Å²) in [5.41, 5.74) is 6.44. The van der Waals surface area contributed by atoms with Gasteiger partial charge in [0.15, 0.2) is 0 Å². The van der Waals surface area contributed by atoms with E-state index in [0.717, 1.165) is 0 Å². The van der Waals surface area contributed by atoms with Crippen molar-refractivity contribution in [1.29, 1.82) is 0 Å².